The first-order chi connectivity index (χ1) is 10.2. The molecule has 0 saturated heterocycles. The average Bonchev–Trinajstić information content (AvgIpc) is 2.55. The van der Waals surface area contributed by atoms with Gasteiger partial charge in [-0.2, -0.15) is 0 Å². The molecule has 0 spiro atoms. The van der Waals surface area contributed by atoms with Crippen molar-refractivity contribution in [2.75, 3.05) is 21.3 Å². The molecule has 0 bridgehead atoms. The van der Waals surface area contributed by atoms with Crippen LogP contribution >= 0.6 is 0 Å². The molecule has 1 atom stereocenters. The van der Waals surface area contributed by atoms with Crippen LogP contribution in [0.5, 0.6) is 17.4 Å². The van der Waals surface area contributed by atoms with Crippen LogP contribution in [-0.4, -0.2) is 31.3 Å². The summed E-state index contributed by atoms with van der Waals surface area (Å²) in [5, 5.41) is 0. The van der Waals surface area contributed by atoms with Gasteiger partial charge in [0.1, 0.15) is 17.8 Å². The molecule has 0 fully saturated rings. The van der Waals surface area contributed by atoms with Gasteiger partial charge in [-0.1, -0.05) is 6.07 Å². The van der Waals surface area contributed by atoms with Gasteiger partial charge in [0.15, 0.2) is 0 Å². The van der Waals surface area contributed by atoms with Crippen LogP contribution in [0.25, 0.3) is 0 Å². The monoisotopic (exact) mass is 290 g/mol. The zero-order valence-electron chi connectivity index (χ0n) is 12.2. The minimum absolute atomic E-state index is 0.423. The average molecular weight is 290 g/mol. The lowest BCUT2D eigenvalue weighted by molar-refractivity contribution is 0.374. The highest BCUT2D eigenvalue weighted by atomic mass is 16.5. The van der Waals surface area contributed by atoms with Crippen molar-refractivity contribution in [3.8, 4) is 17.4 Å². The number of methoxy groups -OCH3 is 3. The van der Waals surface area contributed by atoms with Crippen molar-refractivity contribution in [3.63, 3.8) is 0 Å². The van der Waals surface area contributed by atoms with Gasteiger partial charge in [-0.3, -0.25) is 5.84 Å². The summed E-state index contributed by atoms with van der Waals surface area (Å²) >= 11 is 0. The fourth-order valence-electron chi connectivity index (χ4n) is 2.10. The number of ether oxygens (including phenoxy) is 3. The van der Waals surface area contributed by atoms with Gasteiger partial charge < -0.3 is 14.2 Å². The number of nitrogens with zero attached hydrogens (tertiary/aromatic N) is 2. The zero-order valence-corrected chi connectivity index (χ0v) is 12.2. The third-order valence-electron chi connectivity index (χ3n) is 3.09. The predicted molar refractivity (Wildman–Crippen MR) is 77.3 cm³/mol. The number of aromatic nitrogens is 2. The topological polar surface area (TPSA) is 91.5 Å². The predicted octanol–water partition coefficient (Wildman–Crippen LogP) is 1.06. The van der Waals surface area contributed by atoms with Crippen LogP contribution in [0.15, 0.2) is 30.6 Å². The molecule has 0 radical (unpaired) electrons. The van der Waals surface area contributed by atoms with Gasteiger partial charge in [-0.05, 0) is 12.1 Å². The lowest BCUT2D eigenvalue weighted by Gasteiger charge is -2.21. The van der Waals surface area contributed by atoms with E-state index in [9.17, 15) is 0 Å². The van der Waals surface area contributed by atoms with Crippen LogP contribution in [0, 0.1) is 0 Å². The number of hydrogen-bond donors (Lipinski definition) is 2. The van der Waals surface area contributed by atoms with E-state index in [1.165, 1.54) is 6.33 Å². The Bertz CT molecular complexity index is 584. The van der Waals surface area contributed by atoms with E-state index in [1.807, 2.05) is 18.2 Å². The number of benzene rings is 1. The molecule has 1 aromatic carbocycles. The first-order valence-electron chi connectivity index (χ1n) is 6.28. The Morgan fingerprint density at radius 1 is 1.05 bits per heavy atom. The molecule has 21 heavy (non-hydrogen) atoms. The van der Waals surface area contributed by atoms with Gasteiger partial charge in [0.05, 0.1) is 38.6 Å². The zero-order chi connectivity index (χ0) is 15.2. The molecule has 1 aromatic heterocycles. The molecule has 1 unspecified atom stereocenters. The minimum Gasteiger partial charge on any atom is -0.496 e. The number of hydrazine groups is 1. The summed E-state index contributed by atoms with van der Waals surface area (Å²) in [6.45, 7) is 0. The molecule has 2 rings (SSSR count). The summed E-state index contributed by atoms with van der Waals surface area (Å²) in [6, 6.07) is 6.79. The van der Waals surface area contributed by atoms with Crippen molar-refractivity contribution in [2.24, 2.45) is 5.84 Å². The highest BCUT2D eigenvalue weighted by Gasteiger charge is 2.23. The minimum atomic E-state index is -0.423. The molecule has 0 aliphatic carbocycles. The first-order valence-corrected chi connectivity index (χ1v) is 6.28. The quantitative estimate of drug-likeness (QED) is 0.607. The lowest BCUT2D eigenvalue weighted by Crippen LogP contribution is -2.30. The Labute approximate surface area is 123 Å². The van der Waals surface area contributed by atoms with E-state index in [2.05, 4.69) is 15.4 Å². The highest BCUT2D eigenvalue weighted by Crippen LogP contribution is 2.36. The third-order valence-corrected chi connectivity index (χ3v) is 3.09. The molecular formula is C14H18N4O3. The van der Waals surface area contributed by atoms with E-state index >= 15 is 0 Å². The Kier molecular flexibility index (Phi) is 4.91. The molecule has 0 aliphatic heterocycles. The summed E-state index contributed by atoms with van der Waals surface area (Å²) < 4.78 is 15.9. The second-order valence-corrected chi connectivity index (χ2v) is 4.16. The molecule has 3 N–H and O–H groups in total. The van der Waals surface area contributed by atoms with E-state index in [-0.39, 0.29) is 0 Å². The molecule has 2 aromatic rings. The number of rotatable bonds is 6. The molecule has 112 valence electrons. The highest BCUT2D eigenvalue weighted by molar-refractivity contribution is 5.49. The van der Waals surface area contributed by atoms with Gasteiger partial charge in [-0.15, -0.1) is 0 Å². The van der Waals surface area contributed by atoms with E-state index in [1.54, 1.807) is 27.4 Å². The molecule has 7 nitrogen and oxygen atoms in total. The van der Waals surface area contributed by atoms with Crippen molar-refractivity contribution in [1.82, 2.24) is 15.4 Å². The largest absolute Gasteiger partial charge is 0.496 e. The van der Waals surface area contributed by atoms with Gasteiger partial charge >= 0.3 is 0 Å². The van der Waals surface area contributed by atoms with E-state index in [4.69, 9.17) is 20.1 Å². The number of nitrogens with two attached hydrogens (primary N) is 1. The van der Waals surface area contributed by atoms with Crippen LogP contribution in [0.4, 0.5) is 0 Å². The number of hydrogen-bond acceptors (Lipinski definition) is 7. The molecular weight excluding hydrogens is 272 g/mol. The van der Waals surface area contributed by atoms with Crippen LogP contribution in [0.3, 0.4) is 0 Å². The fourth-order valence-corrected chi connectivity index (χ4v) is 2.10. The van der Waals surface area contributed by atoms with Gasteiger partial charge in [0.25, 0.3) is 0 Å². The SMILES string of the molecule is COc1cc(C(NN)c2c(OC)cccc2OC)ncn1. The van der Waals surface area contributed by atoms with E-state index in [0.717, 1.165) is 5.56 Å². The Balaban J connectivity index is 2.55. The molecule has 0 aliphatic rings. The smallest absolute Gasteiger partial charge is 0.216 e. The van der Waals surface area contributed by atoms with Crippen molar-refractivity contribution in [2.45, 2.75) is 6.04 Å². The Morgan fingerprint density at radius 2 is 1.71 bits per heavy atom. The lowest BCUT2D eigenvalue weighted by atomic mass is 10.0. The maximum absolute atomic E-state index is 5.71. The molecule has 0 amide bonds. The molecule has 1 heterocycles. The van der Waals surface area contributed by atoms with Gasteiger partial charge in [0, 0.05) is 6.07 Å². The Hall–Kier alpha value is -2.38. The molecule has 0 saturated carbocycles. The molecule has 7 heteroatoms. The summed E-state index contributed by atoms with van der Waals surface area (Å²) in [4.78, 5) is 8.23. The second-order valence-electron chi connectivity index (χ2n) is 4.16. The normalized spacial score (nSPS) is 11.8. The summed E-state index contributed by atoms with van der Waals surface area (Å²) in [7, 11) is 4.72. The summed E-state index contributed by atoms with van der Waals surface area (Å²) in [5.74, 6) is 7.46. The maximum atomic E-state index is 5.71. The fraction of sp³-hybridized carbons (Fsp3) is 0.286. The van der Waals surface area contributed by atoms with Crippen molar-refractivity contribution in [1.29, 1.82) is 0 Å². The van der Waals surface area contributed by atoms with Gasteiger partial charge in [-0.25, -0.2) is 15.4 Å². The second kappa shape index (κ2) is 6.87. The van der Waals surface area contributed by atoms with E-state index < -0.39 is 6.04 Å². The van der Waals surface area contributed by atoms with Crippen molar-refractivity contribution in [3.05, 3.63) is 41.9 Å². The van der Waals surface area contributed by atoms with Crippen molar-refractivity contribution < 1.29 is 14.2 Å². The number of nitrogens with one attached hydrogen (secondary N) is 1. The first kappa shape index (κ1) is 15.0. The van der Waals surface area contributed by atoms with Crippen LogP contribution in [0.2, 0.25) is 0 Å². The van der Waals surface area contributed by atoms with E-state index in [0.29, 0.717) is 23.1 Å². The third kappa shape index (κ3) is 3.04. The van der Waals surface area contributed by atoms with Crippen LogP contribution in [-0.2, 0) is 0 Å². The van der Waals surface area contributed by atoms with Gasteiger partial charge in [0.2, 0.25) is 5.88 Å². The Morgan fingerprint density at radius 3 is 2.24 bits per heavy atom. The van der Waals surface area contributed by atoms with Crippen molar-refractivity contribution >= 4 is 0 Å². The summed E-state index contributed by atoms with van der Waals surface area (Å²) in [6.07, 6.45) is 1.42. The summed E-state index contributed by atoms with van der Waals surface area (Å²) in [5.41, 5.74) is 4.13. The van der Waals surface area contributed by atoms with Crippen LogP contribution in [0.1, 0.15) is 17.3 Å². The maximum Gasteiger partial charge on any atom is 0.216 e. The standard InChI is InChI=1S/C14H18N4O3/c1-19-10-5-4-6-11(20-2)13(10)14(18-15)9-7-12(21-3)17-8-16-9/h4-8,14,18H,15H2,1-3H3. The van der Waals surface area contributed by atoms with Crippen LogP contribution < -0.4 is 25.5 Å².